The maximum Gasteiger partial charge on any atom is 0.225 e. The molecule has 4 nitrogen and oxygen atoms in total. The minimum absolute atomic E-state index is 0.0727. The second-order valence-electron chi connectivity index (χ2n) is 3.99. The number of aliphatic hydroxyl groups is 1. The van der Waals surface area contributed by atoms with Crippen LogP contribution in [0.1, 0.15) is 5.56 Å². The Morgan fingerprint density at radius 1 is 1.17 bits per heavy atom. The van der Waals surface area contributed by atoms with Crippen LogP contribution in [0.15, 0.2) is 46.5 Å². The van der Waals surface area contributed by atoms with E-state index in [-0.39, 0.29) is 6.61 Å². The van der Waals surface area contributed by atoms with Crippen molar-refractivity contribution in [3.05, 3.63) is 42.1 Å². The number of aliphatic hydroxyl groups excluding tert-OH is 1. The number of nitrogens with zero attached hydrogens (tertiary/aromatic N) is 3. The largest absolute Gasteiger partial charge is 0.392 e. The van der Waals surface area contributed by atoms with E-state index in [2.05, 4.69) is 9.97 Å². The van der Waals surface area contributed by atoms with Crippen molar-refractivity contribution in [2.75, 3.05) is 19.0 Å². The quantitative estimate of drug-likeness (QED) is 0.855. The molecule has 18 heavy (non-hydrogen) atoms. The third kappa shape index (κ3) is 3.21. The molecule has 0 aliphatic carbocycles. The lowest BCUT2D eigenvalue weighted by molar-refractivity contribution is 0.282. The van der Waals surface area contributed by atoms with Crippen LogP contribution in [0.25, 0.3) is 0 Å². The first-order valence-electron chi connectivity index (χ1n) is 5.57. The minimum Gasteiger partial charge on any atom is -0.392 e. The van der Waals surface area contributed by atoms with Gasteiger partial charge < -0.3 is 10.0 Å². The van der Waals surface area contributed by atoms with Crippen molar-refractivity contribution < 1.29 is 5.11 Å². The topological polar surface area (TPSA) is 49.2 Å². The zero-order chi connectivity index (χ0) is 13.0. The second kappa shape index (κ2) is 5.84. The molecule has 1 aromatic heterocycles. The Morgan fingerprint density at radius 2 is 1.89 bits per heavy atom. The van der Waals surface area contributed by atoms with Crippen molar-refractivity contribution in [2.24, 2.45) is 0 Å². The lowest BCUT2D eigenvalue weighted by Gasteiger charge is -2.10. The predicted molar refractivity (Wildman–Crippen MR) is 72.8 cm³/mol. The van der Waals surface area contributed by atoms with Gasteiger partial charge >= 0.3 is 0 Å². The fourth-order valence-corrected chi connectivity index (χ4v) is 2.16. The van der Waals surface area contributed by atoms with E-state index < -0.39 is 0 Å². The minimum atomic E-state index is 0.0727. The van der Waals surface area contributed by atoms with Crippen LogP contribution in [0, 0.1) is 0 Å². The number of aromatic nitrogens is 2. The highest BCUT2D eigenvalue weighted by molar-refractivity contribution is 7.99. The van der Waals surface area contributed by atoms with Crippen molar-refractivity contribution in [3.63, 3.8) is 0 Å². The van der Waals surface area contributed by atoms with Gasteiger partial charge in [-0.2, -0.15) is 0 Å². The number of benzene rings is 1. The third-order valence-corrected chi connectivity index (χ3v) is 3.29. The zero-order valence-corrected chi connectivity index (χ0v) is 11.2. The second-order valence-corrected chi connectivity index (χ2v) is 5.09. The highest BCUT2D eigenvalue weighted by Crippen LogP contribution is 2.26. The van der Waals surface area contributed by atoms with E-state index in [0.29, 0.717) is 5.95 Å². The van der Waals surface area contributed by atoms with Crippen LogP contribution in [0.5, 0.6) is 0 Å². The average molecular weight is 261 g/mol. The molecule has 0 atom stereocenters. The molecule has 0 radical (unpaired) electrons. The van der Waals surface area contributed by atoms with Gasteiger partial charge in [0.15, 0.2) is 0 Å². The molecule has 0 aliphatic rings. The Kier molecular flexibility index (Phi) is 4.17. The monoisotopic (exact) mass is 261 g/mol. The first-order chi connectivity index (χ1) is 8.69. The summed E-state index contributed by atoms with van der Waals surface area (Å²) in [4.78, 5) is 11.6. The van der Waals surface area contributed by atoms with E-state index in [0.717, 1.165) is 15.5 Å². The Morgan fingerprint density at radius 3 is 2.50 bits per heavy atom. The first kappa shape index (κ1) is 12.9. The van der Waals surface area contributed by atoms with E-state index in [9.17, 15) is 0 Å². The normalized spacial score (nSPS) is 10.4. The standard InChI is InChI=1S/C13H15N3OS/c1-16(2)13-14-8-7-12(15-13)18-11-5-3-10(9-17)4-6-11/h3-8,17H,9H2,1-2H3. The summed E-state index contributed by atoms with van der Waals surface area (Å²) in [6.07, 6.45) is 1.76. The SMILES string of the molecule is CN(C)c1nccc(Sc2ccc(CO)cc2)n1. The van der Waals surface area contributed by atoms with Crippen molar-refractivity contribution in [1.29, 1.82) is 0 Å². The van der Waals surface area contributed by atoms with Gasteiger partial charge in [-0.15, -0.1) is 0 Å². The lowest BCUT2D eigenvalue weighted by atomic mass is 10.2. The van der Waals surface area contributed by atoms with Gasteiger partial charge in [0.1, 0.15) is 5.03 Å². The Hall–Kier alpha value is -1.59. The van der Waals surface area contributed by atoms with Crippen LogP contribution in [-0.4, -0.2) is 29.2 Å². The molecule has 0 bridgehead atoms. The molecule has 0 unspecified atom stereocenters. The van der Waals surface area contributed by atoms with Gasteiger partial charge in [-0.3, -0.25) is 0 Å². The summed E-state index contributed by atoms with van der Waals surface area (Å²) in [5.74, 6) is 0.701. The molecule has 0 saturated heterocycles. The van der Waals surface area contributed by atoms with E-state index >= 15 is 0 Å². The molecule has 1 aromatic carbocycles. The molecule has 0 fully saturated rings. The number of anilines is 1. The molecule has 1 heterocycles. The molecule has 0 aliphatic heterocycles. The summed E-state index contributed by atoms with van der Waals surface area (Å²) < 4.78 is 0. The van der Waals surface area contributed by atoms with Crippen molar-refractivity contribution in [2.45, 2.75) is 16.5 Å². The number of hydrogen-bond donors (Lipinski definition) is 1. The summed E-state index contributed by atoms with van der Waals surface area (Å²) in [5, 5.41) is 9.89. The summed E-state index contributed by atoms with van der Waals surface area (Å²) in [5.41, 5.74) is 0.913. The van der Waals surface area contributed by atoms with Crippen molar-refractivity contribution in [3.8, 4) is 0 Å². The van der Waals surface area contributed by atoms with Crippen molar-refractivity contribution >= 4 is 17.7 Å². The van der Waals surface area contributed by atoms with Crippen molar-refractivity contribution in [1.82, 2.24) is 9.97 Å². The molecule has 0 amide bonds. The number of rotatable bonds is 4. The molecule has 2 rings (SSSR count). The van der Waals surface area contributed by atoms with Crippen LogP contribution in [0.4, 0.5) is 5.95 Å². The molecule has 0 spiro atoms. The Labute approximate surface area is 111 Å². The molecule has 0 saturated carbocycles. The average Bonchev–Trinajstić information content (AvgIpc) is 2.40. The smallest absolute Gasteiger partial charge is 0.225 e. The summed E-state index contributed by atoms with van der Waals surface area (Å²) in [7, 11) is 3.83. The lowest BCUT2D eigenvalue weighted by Crippen LogP contribution is -2.12. The van der Waals surface area contributed by atoms with Gasteiger partial charge in [-0.25, -0.2) is 9.97 Å². The molecule has 94 valence electrons. The van der Waals surface area contributed by atoms with E-state index in [1.165, 1.54) is 0 Å². The maximum absolute atomic E-state index is 8.98. The zero-order valence-electron chi connectivity index (χ0n) is 10.4. The van der Waals surface area contributed by atoms with Crippen LogP contribution < -0.4 is 4.90 Å². The van der Waals surface area contributed by atoms with Gasteiger partial charge in [-0.05, 0) is 23.8 Å². The van der Waals surface area contributed by atoms with Gasteiger partial charge in [0.2, 0.25) is 5.95 Å². The van der Waals surface area contributed by atoms with Gasteiger partial charge in [-0.1, -0.05) is 23.9 Å². The van der Waals surface area contributed by atoms with E-state index in [1.807, 2.05) is 49.3 Å². The predicted octanol–water partition coefficient (Wildman–Crippen LogP) is 2.19. The Bertz CT molecular complexity index is 514. The molecule has 5 heteroatoms. The van der Waals surface area contributed by atoms with Gasteiger partial charge in [0.25, 0.3) is 0 Å². The molecule has 1 N–H and O–H groups in total. The Balaban J connectivity index is 2.15. The third-order valence-electron chi connectivity index (χ3n) is 2.35. The van der Waals surface area contributed by atoms with Crippen LogP contribution >= 0.6 is 11.8 Å². The molecule has 2 aromatic rings. The van der Waals surface area contributed by atoms with Gasteiger partial charge in [0, 0.05) is 25.2 Å². The van der Waals surface area contributed by atoms with Crippen LogP contribution in [0.2, 0.25) is 0 Å². The van der Waals surface area contributed by atoms with Gasteiger partial charge in [0.05, 0.1) is 6.61 Å². The summed E-state index contributed by atoms with van der Waals surface area (Å²) in [6, 6.07) is 9.67. The van der Waals surface area contributed by atoms with E-state index in [1.54, 1.807) is 18.0 Å². The highest BCUT2D eigenvalue weighted by atomic mass is 32.2. The van der Waals surface area contributed by atoms with E-state index in [4.69, 9.17) is 5.11 Å². The fourth-order valence-electron chi connectivity index (χ4n) is 1.39. The fraction of sp³-hybridized carbons (Fsp3) is 0.231. The molecular formula is C13H15N3OS. The summed E-state index contributed by atoms with van der Waals surface area (Å²) >= 11 is 1.58. The van der Waals surface area contributed by atoms with Crippen LogP contribution in [0.3, 0.4) is 0 Å². The van der Waals surface area contributed by atoms with Crippen LogP contribution in [-0.2, 0) is 6.61 Å². The summed E-state index contributed by atoms with van der Waals surface area (Å²) in [6.45, 7) is 0.0727. The highest BCUT2D eigenvalue weighted by Gasteiger charge is 2.03. The number of hydrogen-bond acceptors (Lipinski definition) is 5. The molecular weight excluding hydrogens is 246 g/mol. The first-order valence-corrected chi connectivity index (χ1v) is 6.38. The maximum atomic E-state index is 8.98.